The molecule has 0 spiro atoms. The molecule has 1 aromatic rings. The number of carbonyl (C=O) groups excluding carboxylic acids is 1. The van der Waals surface area contributed by atoms with Crippen LogP contribution in [0.4, 0.5) is 4.39 Å². The fraction of sp³-hybridized carbons (Fsp3) is 0.500. The first kappa shape index (κ1) is 14.0. The normalized spacial score (nSPS) is 18.0. The molecule has 0 radical (unpaired) electrons. The van der Waals surface area contributed by atoms with Gasteiger partial charge in [-0.15, -0.1) is 0 Å². The van der Waals surface area contributed by atoms with E-state index in [0.717, 1.165) is 0 Å². The van der Waals surface area contributed by atoms with Crippen molar-refractivity contribution in [1.82, 2.24) is 5.32 Å². The van der Waals surface area contributed by atoms with Crippen LogP contribution in [-0.4, -0.2) is 25.7 Å². The van der Waals surface area contributed by atoms with Crippen LogP contribution in [0, 0.1) is 11.2 Å². The average Bonchev–Trinajstić information content (AvgIpc) is 2.46. The van der Waals surface area contributed by atoms with Crippen molar-refractivity contribution in [3.63, 3.8) is 0 Å². The van der Waals surface area contributed by atoms with Crippen LogP contribution in [0.3, 0.4) is 0 Å². The number of carbonyl (C=O) groups is 1. The van der Waals surface area contributed by atoms with Crippen LogP contribution >= 0.6 is 0 Å². The van der Waals surface area contributed by atoms with E-state index in [1.165, 1.54) is 6.07 Å². The second kappa shape index (κ2) is 6.12. The van der Waals surface area contributed by atoms with Gasteiger partial charge in [0, 0.05) is 31.9 Å². The molecule has 0 unspecified atom stereocenters. The predicted octanol–water partition coefficient (Wildman–Crippen LogP) is 1.20. The van der Waals surface area contributed by atoms with Crippen LogP contribution in [0.2, 0.25) is 0 Å². The third-order valence-electron chi connectivity index (χ3n) is 3.72. The highest BCUT2D eigenvalue weighted by molar-refractivity contribution is 5.83. The van der Waals surface area contributed by atoms with Crippen LogP contribution in [0.1, 0.15) is 18.4 Å². The molecule has 1 aromatic carbocycles. The lowest BCUT2D eigenvalue weighted by Gasteiger charge is -2.34. The summed E-state index contributed by atoms with van der Waals surface area (Å²) in [6.07, 6.45) is 1.24. The largest absolute Gasteiger partial charge is 0.381 e. The average molecular weight is 266 g/mol. The highest BCUT2D eigenvalue weighted by Crippen LogP contribution is 2.29. The second-order valence-corrected chi connectivity index (χ2v) is 4.87. The minimum absolute atomic E-state index is 0.110. The Kier molecular flexibility index (Phi) is 4.50. The van der Waals surface area contributed by atoms with Gasteiger partial charge in [0.1, 0.15) is 5.82 Å². The first-order valence-corrected chi connectivity index (χ1v) is 6.47. The van der Waals surface area contributed by atoms with Crippen molar-refractivity contribution in [1.29, 1.82) is 0 Å². The molecule has 0 saturated carbocycles. The zero-order chi connectivity index (χ0) is 13.7. The summed E-state index contributed by atoms with van der Waals surface area (Å²) in [6.45, 7) is 1.57. The molecular formula is C14H19FN2O2. The number of amides is 1. The highest BCUT2D eigenvalue weighted by atomic mass is 19.1. The smallest absolute Gasteiger partial charge is 0.227 e. The molecular weight excluding hydrogens is 247 g/mol. The number of hydrogen-bond acceptors (Lipinski definition) is 3. The molecule has 4 nitrogen and oxygen atoms in total. The van der Waals surface area contributed by atoms with Crippen LogP contribution in [-0.2, 0) is 16.1 Å². The molecule has 3 N–H and O–H groups in total. The van der Waals surface area contributed by atoms with E-state index in [1.807, 2.05) is 0 Å². The molecule has 0 bridgehead atoms. The molecule has 0 aromatic heterocycles. The quantitative estimate of drug-likeness (QED) is 0.860. The van der Waals surface area contributed by atoms with Crippen molar-refractivity contribution in [2.75, 3.05) is 19.8 Å². The lowest BCUT2D eigenvalue weighted by molar-refractivity contribution is -0.136. The van der Waals surface area contributed by atoms with E-state index in [2.05, 4.69) is 5.32 Å². The third-order valence-corrected chi connectivity index (χ3v) is 3.72. The molecule has 19 heavy (non-hydrogen) atoms. The SMILES string of the molecule is NCC1(C(=O)NCc2ccccc2F)CCOCC1. The Bertz CT molecular complexity index is 445. The lowest BCUT2D eigenvalue weighted by atomic mass is 9.79. The Balaban J connectivity index is 1.98. The summed E-state index contributed by atoms with van der Waals surface area (Å²) in [5.41, 5.74) is 5.66. The zero-order valence-corrected chi connectivity index (χ0v) is 10.8. The second-order valence-electron chi connectivity index (χ2n) is 4.87. The maximum Gasteiger partial charge on any atom is 0.227 e. The molecule has 1 heterocycles. The fourth-order valence-electron chi connectivity index (χ4n) is 2.29. The van der Waals surface area contributed by atoms with Gasteiger partial charge in [0.05, 0.1) is 5.41 Å². The van der Waals surface area contributed by atoms with Gasteiger partial charge in [-0.25, -0.2) is 4.39 Å². The van der Waals surface area contributed by atoms with Gasteiger partial charge in [-0.2, -0.15) is 0 Å². The summed E-state index contributed by atoms with van der Waals surface area (Å²) in [5, 5.41) is 2.79. The summed E-state index contributed by atoms with van der Waals surface area (Å²) in [4.78, 5) is 12.3. The molecule has 1 aliphatic rings. The summed E-state index contributed by atoms with van der Waals surface area (Å²) >= 11 is 0. The predicted molar refractivity (Wildman–Crippen MR) is 69.8 cm³/mol. The number of halogens is 1. The zero-order valence-electron chi connectivity index (χ0n) is 10.8. The van der Waals surface area contributed by atoms with Gasteiger partial charge in [0.2, 0.25) is 5.91 Å². The Morgan fingerprint density at radius 3 is 2.68 bits per heavy atom. The minimum Gasteiger partial charge on any atom is -0.381 e. The van der Waals surface area contributed by atoms with E-state index in [-0.39, 0.29) is 18.3 Å². The van der Waals surface area contributed by atoms with Crippen molar-refractivity contribution in [3.8, 4) is 0 Å². The standard InChI is InChI=1S/C14H19FN2O2/c15-12-4-2-1-3-11(12)9-17-13(18)14(10-16)5-7-19-8-6-14/h1-4H,5-10,16H2,(H,17,18). The lowest BCUT2D eigenvalue weighted by Crippen LogP contribution is -2.49. The maximum absolute atomic E-state index is 13.5. The fourth-order valence-corrected chi connectivity index (χ4v) is 2.29. The minimum atomic E-state index is -0.566. The van der Waals surface area contributed by atoms with Gasteiger partial charge in [-0.05, 0) is 18.9 Å². The molecule has 1 amide bonds. The van der Waals surface area contributed by atoms with Crippen LogP contribution in [0.15, 0.2) is 24.3 Å². The number of benzene rings is 1. The monoisotopic (exact) mass is 266 g/mol. The molecule has 1 aliphatic heterocycles. The summed E-state index contributed by atoms with van der Waals surface area (Å²) in [5.74, 6) is -0.418. The van der Waals surface area contributed by atoms with Crippen LogP contribution in [0.5, 0.6) is 0 Å². The van der Waals surface area contributed by atoms with Crippen molar-refractivity contribution in [2.45, 2.75) is 19.4 Å². The maximum atomic E-state index is 13.5. The van der Waals surface area contributed by atoms with E-state index >= 15 is 0 Å². The topological polar surface area (TPSA) is 64.4 Å². The van der Waals surface area contributed by atoms with Crippen molar-refractivity contribution in [2.24, 2.45) is 11.1 Å². The van der Waals surface area contributed by atoms with Gasteiger partial charge in [0.25, 0.3) is 0 Å². The van der Waals surface area contributed by atoms with E-state index in [0.29, 0.717) is 38.2 Å². The molecule has 1 saturated heterocycles. The van der Waals surface area contributed by atoms with Crippen LogP contribution in [0.25, 0.3) is 0 Å². The summed E-state index contributed by atoms with van der Waals surface area (Å²) < 4.78 is 18.7. The van der Waals surface area contributed by atoms with Gasteiger partial charge in [-0.3, -0.25) is 4.79 Å². The first-order chi connectivity index (χ1) is 9.18. The number of rotatable bonds is 4. The third kappa shape index (κ3) is 3.11. The number of nitrogens with one attached hydrogen (secondary N) is 1. The van der Waals surface area contributed by atoms with Crippen LogP contribution < -0.4 is 11.1 Å². The molecule has 1 fully saturated rings. The Morgan fingerprint density at radius 2 is 2.05 bits per heavy atom. The Labute approximate surface area is 112 Å². The molecule has 2 rings (SSSR count). The number of ether oxygens (including phenoxy) is 1. The summed E-state index contributed by atoms with van der Waals surface area (Å²) in [6, 6.07) is 6.42. The molecule has 5 heteroatoms. The van der Waals surface area contributed by atoms with Gasteiger partial charge in [0.15, 0.2) is 0 Å². The van der Waals surface area contributed by atoms with Gasteiger partial charge < -0.3 is 15.8 Å². The van der Waals surface area contributed by atoms with Crippen molar-refractivity contribution >= 4 is 5.91 Å². The summed E-state index contributed by atoms with van der Waals surface area (Å²) in [7, 11) is 0. The first-order valence-electron chi connectivity index (χ1n) is 6.47. The van der Waals surface area contributed by atoms with Crippen molar-refractivity contribution < 1.29 is 13.9 Å². The van der Waals surface area contributed by atoms with E-state index in [4.69, 9.17) is 10.5 Å². The van der Waals surface area contributed by atoms with Crippen molar-refractivity contribution in [3.05, 3.63) is 35.6 Å². The molecule has 104 valence electrons. The molecule has 0 atom stereocenters. The Hall–Kier alpha value is -1.46. The van der Waals surface area contributed by atoms with E-state index < -0.39 is 5.41 Å². The van der Waals surface area contributed by atoms with Gasteiger partial charge in [-0.1, -0.05) is 18.2 Å². The van der Waals surface area contributed by atoms with E-state index in [1.54, 1.807) is 18.2 Å². The Morgan fingerprint density at radius 1 is 1.37 bits per heavy atom. The molecule has 0 aliphatic carbocycles. The van der Waals surface area contributed by atoms with E-state index in [9.17, 15) is 9.18 Å². The number of hydrogen-bond donors (Lipinski definition) is 2. The highest BCUT2D eigenvalue weighted by Gasteiger charge is 2.38. The van der Waals surface area contributed by atoms with Gasteiger partial charge >= 0.3 is 0 Å². The number of nitrogens with two attached hydrogens (primary N) is 1.